The summed E-state index contributed by atoms with van der Waals surface area (Å²) in [6.45, 7) is 5.55. The molecule has 1 aromatic heterocycles. The topological polar surface area (TPSA) is 123 Å². The number of ether oxygens (including phenoxy) is 3. The first-order valence-corrected chi connectivity index (χ1v) is 13.0. The number of halogens is 1. The molecule has 3 aromatic rings. The van der Waals surface area contributed by atoms with Crippen molar-refractivity contribution in [2.24, 2.45) is 0 Å². The van der Waals surface area contributed by atoms with Gasteiger partial charge in [0.05, 0.1) is 39.6 Å². The van der Waals surface area contributed by atoms with E-state index in [0.717, 1.165) is 5.56 Å². The van der Waals surface area contributed by atoms with Crippen molar-refractivity contribution in [1.29, 1.82) is 0 Å². The van der Waals surface area contributed by atoms with Crippen LogP contribution < -0.4 is 20.9 Å². The van der Waals surface area contributed by atoms with Crippen LogP contribution in [0, 0.1) is 5.82 Å². The molecule has 1 fully saturated rings. The number of carbonyl (C=O) groups is 1. The maximum Gasteiger partial charge on any atom is 0.251 e. The lowest BCUT2D eigenvalue weighted by atomic mass is 10.2. The standard InChI is InChI=1S/C27H34FN7O4/c28-23-8-4-5-21(19-23)20-31-26-32-25(33-27(34-26)35-11-15-39-16-12-35)30-10-14-38-18-17-37-13-9-29-24(36)22-6-2-1-3-7-22/h1-8,19H,9-18,20H2,(H,29,36)(H2,30,31,32,33,34). The van der Waals surface area contributed by atoms with Crippen LogP contribution in [-0.2, 0) is 20.8 Å². The number of benzene rings is 2. The quantitative estimate of drug-likeness (QED) is 0.248. The van der Waals surface area contributed by atoms with Crippen LogP contribution in [0.1, 0.15) is 15.9 Å². The summed E-state index contributed by atoms with van der Waals surface area (Å²) in [5.41, 5.74) is 1.41. The van der Waals surface area contributed by atoms with E-state index in [1.165, 1.54) is 12.1 Å². The van der Waals surface area contributed by atoms with Crippen LogP contribution in [0.3, 0.4) is 0 Å². The van der Waals surface area contributed by atoms with E-state index >= 15 is 0 Å². The van der Waals surface area contributed by atoms with Crippen LogP contribution in [0.4, 0.5) is 22.2 Å². The molecule has 1 amide bonds. The Hall–Kier alpha value is -3.87. The molecule has 0 saturated carbocycles. The Morgan fingerprint density at radius 2 is 1.59 bits per heavy atom. The second-order valence-corrected chi connectivity index (χ2v) is 8.64. The van der Waals surface area contributed by atoms with Gasteiger partial charge in [0, 0.05) is 38.3 Å². The summed E-state index contributed by atoms with van der Waals surface area (Å²) in [5, 5.41) is 9.15. The molecule has 12 heteroatoms. The number of morpholine rings is 1. The number of rotatable bonds is 15. The van der Waals surface area contributed by atoms with E-state index in [4.69, 9.17) is 14.2 Å². The van der Waals surface area contributed by atoms with Crippen molar-refractivity contribution in [3.05, 3.63) is 71.5 Å². The predicted octanol–water partition coefficient (Wildman–Crippen LogP) is 2.33. The first kappa shape index (κ1) is 28.1. The third-order valence-electron chi connectivity index (χ3n) is 5.73. The van der Waals surface area contributed by atoms with E-state index in [-0.39, 0.29) is 11.7 Å². The van der Waals surface area contributed by atoms with Crippen LogP contribution in [0.25, 0.3) is 0 Å². The second-order valence-electron chi connectivity index (χ2n) is 8.64. The number of nitrogens with zero attached hydrogens (tertiary/aromatic N) is 4. The van der Waals surface area contributed by atoms with Crippen molar-refractivity contribution in [2.75, 3.05) is 81.4 Å². The SMILES string of the molecule is O=C(NCCOCCOCCNc1nc(NCc2cccc(F)c2)nc(N2CCOCC2)n1)c1ccccc1. The van der Waals surface area contributed by atoms with Gasteiger partial charge in [0.15, 0.2) is 0 Å². The van der Waals surface area contributed by atoms with Crippen LogP contribution in [0.2, 0.25) is 0 Å². The average molecular weight is 540 g/mol. The Morgan fingerprint density at radius 3 is 2.33 bits per heavy atom. The molecular weight excluding hydrogens is 505 g/mol. The molecular formula is C27H34FN7O4. The summed E-state index contributed by atoms with van der Waals surface area (Å²) in [5.74, 6) is 0.950. The number of hydrogen-bond acceptors (Lipinski definition) is 10. The van der Waals surface area contributed by atoms with Gasteiger partial charge >= 0.3 is 0 Å². The monoisotopic (exact) mass is 539 g/mol. The van der Waals surface area contributed by atoms with Crippen molar-refractivity contribution in [3.63, 3.8) is 0 Å². The molecule has 0 radical (unpaired) electrons. The molecule has 0 atom stereocenters. The van der Waals surface area contributed by atoms with E-state index in [9.17, 15) is 9.18 Å². The number of anilines is 3. The number of nitrogens with one attached hydrogen (secondary N) is 3. The summed E-state index contributed by atoms with van der Waals surface area (Å²) in [6, 6.07) is 15.4. The largest absolute Gasteiger partial charge is 0.378 e. The Balaban J connectivity index is 1.16. The zero-order valence-electron chi connectivity index (χ0n) is 21.8. The normalized spacial score (nSPS) is 13.2. The van der Waals surface area contributed by atoms with Gasteiger partial charge in [-0.3, -0.25) is 4.79 Å². The fourth-order valence-corrected chi connectivity index (χ4v) is 3.74. The number of amides is 1. The molecule has 4 rings (SSSR count). The zero-order chi connectivity index (χ0) is 27.1. The Bertz CT molecular complexity index is 1170. The van der Waals surface area contributed by atoms with Gasteiger partial charge in [-0.05, 0) is 29.8 Å². The van der Waals surface area contributed by atoms with Gasteiger partial charge in [0.1, 0.15) is 5.82 Å². The molecule has 208 valence electrons. The molecule has 0 unspecified atom stereocenters. The fraction of sp³-hybridized carbons (Fsp3) is 0.407. The summed E-state index contributed by atoms with van der Waals surface area (Å²) in [7, 11) is 0. The molecule has 0 bridgehead atoms. The highest BCUT2D eigenvalue weighted by Gasteiger charge is 2.16. The first-order chi connectivity index (χ1) is 19.2. The minimum absolute atomic E-state index is 0.121. The fourth-order valence-electron chi connectivity index (χ4n) is 3.74. The molecule has 2 heterocycles. The van der Waals surface area contributed by atoms with Gasteiger partial charge in [-0.15, -0.1) is 0 Å². The van der Waals surface area contributed by atoms with E-state index in [2.05, 4.69) is 30.9 Å². The highest BCUT2D eigenvalue weighted by molar-refractivity contribution is 5.94. The summed E-state index contributed by atoms with van der Waals surface area (Å²) in [6.07, 6.45) is 0. The van der Waals surface area contributed by atoms with Crippen molar-refractivity contribution in [2.45, 2.75) is 6.54 Å². The number of aromatic nitrogens is 3. The predicted molar refractivity (Wildman–Crippen MR) is 145 cm³/mol. The first-order valence-electron chi connectivity index (χ1n) is 13.0. The smallest absolute Gasteiger partial charge is 0.251 e. The van der Waals surface area contributed by atoms with Gasteiger partial charge in [0.2, 0.25) is 17.8 Å². The van der Waals surface area contributed by atoms with Gasteiger partial charge in [-0.1, -0.05) is 30.3 Å². The lowest BCUT2D eigenvalue weighted by Gasteiger charge is -2.27. The minimum Gasteiger partial charge on any atom is -0.378 e. The molecule has 1 aliphatic heterocycles. The molecule has 11 nitrogen and oxygen atoms in total. The van der Waals surface area contributed by atoms with E-state index in [1.54, 1.807) is 18.2 Å². The van der Waals surface area contributed by atoms with Crippen LogP contribution >= 0.6 is 0 Å². The molecule has 1 saturated heterocycles. The van der Waals surface area contributed by atoms with Crippen LogP contribution in [-0.4, -0.2) is 86.7 Å². The lowest BCUT2D eigenvalue weighted by Crippen LogP contribution is -2.37. The summed E-state index contributed by atoms with van der Waals surface area (Å²) < 4.78 is 30.1. The maximum absolute atomic E-state index is 13.5. The third kappa shape index (κ3) is 9.74. The van der Waals surface area contributed by atoms with Crippen molar-refractivity contribution < 1.29 is 23.4 Å². The lowest BCUT2D eigenvalue weighted by molar-refractivity contribution is 0.0519. The Kier molecular flexibility index (Phi) is 11.2. The molecule has 2 aromatic carbocycles. The third-order valence-corrected chi connectivity index (χ3v) is 5.73. The maximum atomic E-state index is 13.5. The highest BCUT2D eigenvalue weighted by atomic mass is 19.1. The van der Waals surface area contributed by atoms with E-state index in [1.807, 2.05) is 29.2 Å². The number of hydrogen-bond donors (Lipinski definition) is 3. The van der Waals surface area contributed by atoms with Gasteiger partial charge < -0.3 is 35.1 Å². The Labute approximate surface area is 227 Å². The molecule has 39 heavy (non-hydrogen) atoms. The van der Waals surface area contributed by atoms with Crippen molar-refractivity contribution >= 4 is 23.8 Å². The molecule has 1 aliphatic rings. The second kappa shape index (κ2) is 15.5. The van der Waals surface area contributed by atoms with Gasteiger partial charge in [0.25, 0.3) is 5.91 Å². The molecule has 0 aliphatic carbocycles. The average Bonchev–Trinajstić information content (AvgIpc) is 2.98. The van der Waals surface area contributed by atoms with Crippen LogP contribution in [0.15, 0.2) is 54.6 Å². The Morgan fingerprint density at radius 1 is 0.872 bits per heavy atom. The summed E-state index contributed by atoms with van der Waals surface area (Å²) in [4.78, 5) is 27.6. The van der Waals surface area contributed by atoms with E-state index < -0.39 is 0 Å². The summed E-state index contributed by atoms with van der Waals surface area (Å²) >= 11 is 0. The van der Waals surface area contributed by atoms with Gasteiger partial charge in [-0.25, -0.2) is 4.39 Å². The molecule has 0 spiro atoms. The van der Waals surface area contributed by atoms with Gasteiger partial charge in [-0.2, -0.15) is 15.0 Å². The number of carbonyl (C=O) groups excluding carboxylic acids is 1. The van der Waals surface area contributed by atoms with Crippen molar-refractivity contribution in [3.8, 4) is 0 Å². The van der Waals surface area contributed by atoms with Crippen LogP contribution in [0.5, 0.6) is 0 Å². The highest BCUT2D eigenvalue weighted by Crippen LogP contribution is 2.16. The van der Waals surface area contributed by atoms with E-state index in [0.29, 0.717) is 95.8 Å². The minimum atomic E-state index is -0.290. The molecule has 3 N–H and O–H groups in total. The van der Waals surface area contributed by atoms with Crippen molar-refractivity contribution in [1.82, 2.24) is 20.3 Å². The zero-order valence-corrected chi connectivity index (χ0v) is 21.8.